The molecule has 0 aliphatic carbocycles. The lowest BCUT2D eigenvalue weighted by Gasteiger charge is -2.17. The van der Waals surface area contributed by atoms with Crippen molar-refractivity contribution in [2.75, 3.05) is 19.7 Å². The van der Waals surface area contributed by atoms with E-state index < -0.39 is 0 Å². The van der Waals surface area contributed by atoms with Gasteiger partial charge in [-0.1, -0.05) is 30.3 Å². The fourth-order valence-electron chi connectivity index (χ4n) is 2.95. The van der Waals surface area contributed by atoms with Gasteiger partial charge in [0.25, 0.3) is 5.91 Å². The number of hydrogen-bond acceptors (Lipinski definition) is 5. The zero-order chi connectivity index (χ0) is 16.1. The zero-order valence-electron chi connectivity index (χ0n) is 12.8. The van der Waals surface area contributed by atoms with Gasteiger partial charge in [-0.15, -0.1) is 0 Å². The van der Waals surface area contributed by atoms with E-state index in [2.05, 4.69) is 32.3 Å². The third-order valence-electron chi connectivity index (χ3n) is 4.13. The van der Waals surface area contributed by atoms with Gasteiger partial charge >= 0.3 is 0 Å². The minimum atomic E-state index is -0.225. The SMILES string of the molecule is O=C(N[C@@H]1CN(Cc2ccccc2)C[C@H]1CO)c1ccncn1. The van der Waals surface area contributed by atoms with Crippen molar-refractivity contribution in [3.63, 3.8) is 0 Å². The van der Waals surface area contributed by atoms with Crippen LogP contribution in [0.4, 0.5) is 0 Å². The number of benzene rings is 1. The number of aliphatic hydroxyl groups is 1. The Morgan fingerprint density at radius 2 is 2.09 bits per heavy atom. The topological polar surface area (TPSA) is 78.4 Å². The van der Waals surface area contributed by atoms with E-state index >= 15 is 0 Å². The van der Waals surface area contributed by atoms with E-state index in [4.69, 9.17) is 0 Å². The number of hydrogen-bond donors (Lipinski definition) is 2. The van der Waals surface area contributed by atoms with Gasteiger partial charge in [0.05, 0.1) is 0 Å². The highest BCUT2D eigenvalue weighted by atomic mass is 16.3. The van der Waals surface area contributed by atoms with E-state index in [0.717, 1.165) is 19.6 Å². The van der Waals surface area contributed by atoms with Crippen molar-refractivity contribution in [3.05, 3.63) is 60.2 Å². The highest BCUT2D eigenvalue weighted by Crippen LogP contribution is 2.19. The Kier molecular flexibility index (Phi) is 4.95. The van der Waals surface area contributed by atoms with Crippen LogP contribution in [-0.2, 0) is 6.54 Å². The summed E-state index contributed by atoms with van der Waals surface area (Å²) in [6.07, 6.45) is 2.90. The van der Waals surface area contributed by atoms with E-state index in [9.17, 15) is 9.90 Å². The highest BCUT2D eigenvalue weighted by molar-refractivity contribution is 5.92. The molecule has 1 aliphatic heterocycles. The van der Waals surface area contributed by atoms with Crippen molar-refractivity contribution in [2.45, 2.75) is 12.6 Å². The predicted octanol–water partition coefficient (Wildman–Crippen LogP) is 0.699. The molecule has 0 bridgehead atoms. The minimum Gasteiger partial charge on any atom is -0.396 e. The Morgan fingerprint density at radius 3 is 2.78 bits per heavy atom. The summed E-state index contributed by atoms with van der Waals surface area (Å²) >= 11 is 0. The smallest absolute Gasteiger partial charge is 0.270 e. The Hall–Kier alpha value is -2.31. The third-order valence-corrected chi connectivity index (χ3v) is 4.13. The molecule has 1 amide bonds. The van der Waals surface area contributed by atoms with Gasteiger partial charge in [0.1, 0.15) is 12.0 Å². The zero-order valence-corrected chi connectivity index (χ0v) is 12.8. The number of amides is 1. The number of aromatic nitrogens is 2. The van der Waals surface area contributed by atoms with Crippen molar-refractivity contribution in [3.8, 4) is 0 Å². The van der Waals surface area contributed by atoms with Crippen LogP contribution >= 0.6 is 0 Å². The number of nitrogens with one attached hydrogen (secondary N) is 1. The Balaban J connectivity index is 1.62. The molecule has 6 heteroatoms. The second kappa shape index (κ2) is 7.30. The molecule has 6 nitrogen and oxygen atoms in total. The molecule has 0 saturated carbocycles. The van der Waals surface area contributed by atoms with Crippen LogP contribution in [0.5, 0.6) is 0 Å². The van der Waals surface area contributed by atoms with E-state index in [1.807, 2.05) is 18.2 Å². The molecule has 1 fully saturated rings. The van der Waals surface area contributed by atoms with Gasteiger partial charge in [0.15, 0.2) is 0 Å². The van der Waals surface area contributed by atoms with E-state index in [1.54, 1.807) is 12.3 Å². The molecule has 1 saturated heterocycles. The maximum Gasteiger partial charge on any atom is 0.270 e. The minimum absolute atomic E-state index is 0.0319. The van der Waals surface area contributed by atoms with Crippen LogP contribution < -0.4 is 5.32 Å². The predicted molar refractivity (Wildman–Crippen MR) is 85.6 cm³/mol. The van der Waals surface area contributed by atoms with E-state index in [-0.39, 0.29) is 24.5 Å². The maximum absolute atomic E-state index is 12.2. The van der Waals surface area contributed by atoms with Crippen molar-refractivity contribution < 1.29 is 9.90 Å². The van der Waals surface area contributed by atoms with Gasteiger partial charge in [0, 0.05) is 44.4 Å². The molecular weight excluding hydrogens is 292 g/mol. The first-order valence-electron chi connectivity index (χ1n) is 7.70. The van der Waals surface area contributed by atoms with Crippen LogP contribution in [0.25, 0.3) is 0 Å². The van der Waals surface area contributed by atoms with Crippen molar-refractivity contribution in [2.24, 2.45) is 5.92 Å². The second-order valence-electron chi connectivity index (χ2n) is 5.80. The Bertz CT molecular complexity index is 636. The van der Waals surface area contributed by atoms with Gasteiger partial charge in [-0.25, -0.2) is 9.97 Å². The summed E-state index contributed by atoms with van der Waals surface area (Å²) in [6.45, 7) is 2.36. The Labute approximate surface area is 135 Å². The molecule has 1 aliphatic rings. The summed E-state index contributed by atoms with van der Waals surface area (Å²) in [6, 6.07) is 11.7. The van der Waals surface area contributed by atoms with Gasteiger partial charge < -0.3 is 10.4 Å². The normalized spacial score (nSPS) is 21.3. The number of carbonyl (C=O) groups excluding carboxylic acids is 1. The third kappa shape index (κ3) is 3.91. The molecule has 3 rings (SSSR count). The largest absolute Gasteiger partial charge is 0.396 e. The molecule has 0 unspecified atom stereocenters. The molecule has 2 aromatic rings. The molecule has 120 valence electrons. The fraction of sp³-hybridized carbons (Fsp3) is 0.353. The fourth-order valence-corrected chi connectivity index (χ4v) is 2.95. The summed E-state index contributed by atoms with van der Waals surface area (Å²) in [4.78, 5) is 22.2. The molecule has 2 N–H and O–H groups in total. The molecule has 2 heterocycles. The van der Waals surface area contributed by atoms with Crippen molar-refractivity contribution >= 4 is 5.91 Å². The second-order valence-corrected chi connectivity index (χ2v) is 5.80. The number of carbonyl (C=O) groups is 1. The van der Waals surface area contributed by atoms with Crippen LogP contribution in [0, 0.1) is 5.92 Å². The van der Waals surface area contributed by atoms with Crippen LogP contribution in [0.1, 0.15) is 16.1 Å². The summed E-state index contributed by atoms with van der Waals surface area (Å²) in [5.41, 5.74) is 1.57. The lowest BCUT2D eigenvalue weighted by atomic mass is 10.1. The molecular formula is C17H20N4O2. The van der Waals surface area contributed by atoms with Crippen LogP contribution in [0.2, 0.25) is 0 Å². The van der Waals surface area contributed by atoms with Gasteiger partial charge in [-0.05, 0) is 11.6 Å². The van der Waals surface area contributed by atoms with Crippen LogP contribution in [-0.4, -0.2) is 51.6 Å². The molecule has 23 heavy (non-hydrogen) atoms. The number of likely N-dealkylation sites (tertiary alicyclic amines) is 1. The molecule has 2 atom stereocenters. The molecule has 0 spiro atoms. The van der Waals surface area contributed by atoms with Crippen molar-refractivity contribution in [1.82, 2.24) is 20.2 Å². The van der Waals surface area contributed by atoms with Gasteiger partial charge in [-0.3, -0.25) is 9.69 Å². The summed E-state index contributed by atoms with van der Waals surface area (Å²) < 4.78 is 0. The first-order chi connectivity index (χ1) is 11.3. The monoisotopic (exact) mass is 312 g/mol. The summed E-state index contributed by atoms with van der Waals surface area (Å²) in [5, 5.41) is 12.6. The molecule has 0 radical (unpaired) electrons. The van der Waals surface area contributed by atoms with E-state index in [0.29, 0.717) is 5.69 Å². The lowest BCUT2D eigenvalue weighted by molar-refractivity contribution is 0.0916. The molecule has 1 aromatic carbocycles. The standard InChI is InChI=1S/C17H20N4O2/c22-11-14-9-21(8-13-4-2-1-3-5-13)10-16(14)20-17(23)15-6-7-18-12-19-15/h1-7,12,14,16,22H,8-11H2,(H,20,23)/t14-,16+/m0/s1. The first-order valence-corrected chi connectivity index (χ1v) is 7.70. The molecule has 1 aromatic heterocycles. The van der Waals surface area contributed by atoms with Gasteiger partial charge in [-0.2, -0.15) is 0 Å². The summed E-state index contributed by atoms with van der Waals surface area (Å²) in [7, 11) is 0. The first kappa shape index (κ1) is 15.6. The maximum atomic E-state index is 12.2. The quantitative estimate of drug-likeness (QED) is 0.850. The number of nitrogens with zero attached hydrogens (tertiary/aromatic N) is 3. The van der Waals surface area contributed by atoms with E-state index in [1.165, 1.54) is 11.9 Å². The summed E-state index contributed by atoms with van der Waals surface area (Å²) in [5.74, 6) is -0.193. The van der Waals surface area contributed by atoms with Crippen LogP contribution in [0.15, 0.2) is 48.9 Å². The average Bonchev–Trinajstić information content (AvgIpc) is 2.98. The van der Waals surface area contributed by atoms with Crippen molar-refractivity contribution in [1.29, 1.82) is 0 Å². The Morgan fingerprint density at radius 1 is 1.26 bits per heavy atom. The average molecular weight is 312 g/mol. The van der Waals surface area contributed by atoms with Gasteiger partial charge in [0.2, 0.25) is 0 Å². The number of aliphatic hydroxyl groups excluding tert-OH is 1. The number of rotatable bonds is 5. The lowest BCUT2D eigenvalue weighted by Crippen LogP contribution is -2.41. The highest BCUT2D eigenvalue weighted by Gasteiger charge is 2.33. The van der Waals surface area contributed by atoms with Crippen LogP contribution in [0.3, 0.4) is 0 Å².